The summed E-state index contributed by atoms with van der Waals surface area (Å²) < 4.78 is 12.0. The molecule has 0 amide bonds. The molecule has 0 radical (unpaired) electrons. The van der Waals surface area contributed by atoms with Gasteiger partial charge in [0.25, 0.3) is 0 Å². The van der Waals surface area contributed by atoms with Crippen LogP contribution in [0.5, 0.6) is 5.75 Å². The van der Waals surface area contributed by atoms with E-state index in [-0.39, 0.29) is 4.99 Å². The fourth-order valence-electron chi connectivity index (χ4n) is 2.14. The molecule has 0 fully saturated rings. The molecule has 1 aromatic heterocycles. The van der Waals surface area contributed by atoms with Crippen molar-refractivity contribution in [2.75, 3.05) is 7.11 Å². The van der Waals surface area contributed by atoms with Crippen LogP contribution in [0.15, 0.2) is 62.4 Å². The van der Waals surface area contributed by atoms with Gasteiger partial charge in [0.1, 0.15) is 16.3 Å². The van der Waals surface area contributed by atoms with E-state index in [9.17, 15) is 0 Å². The predicted molar refractivity (Wildman–Crippen MR) is 98.0 cm³/mol. The first-order chi connectivity index (χ1) is 11.1. The Labute approximate surface area is 146 Å². The van der Waals surface area contributed by atoms with E-state index in [0.717, 1.165) is 21.3 Å². The zero-order chi connectivity index (χ0) is 16.4. The number of hydrogen-bond donors (Lipinski definition) is 1. The molecule has 23 heavy (non-hydrogen) atoms. The van der Waals surface area contributed by atoms with Crippen LogP contribution in [-0.2, 0) is 0 Å². The molecule has 2 N–H and O–H groups in total. The van der Waals surface area contributed by atoms with Crippen LogP contribution >= 0.6 is 28.1 Å². The molecule has 116 valence electrons. The van der Waals surface area contributed by atoms with Crippen LogP contribution < -0.4 is 16.0 Å². The van der Waals surface area contributed by atoms with E-state index < -0.39 is 0 Å². The van der Waals surface area contributed by atoms with E-state index >= 15 is 0 Å². The number of hydrogen-bond acceptors (Lipinski definition) is 4. The molecule has 1 heterocycles. The normalized spacial score (nSPS) is 11.7. The monoisotopic (exact) mass is 388 g/mol. The number of methoxy groups -OCH3 is 1. The van der Waals surface area contributed by atoms with Gasteiger partial charge < -0.3 is 14.9 Å². The van der Waals surface area contributed by atoms with Gasteiger partial charge in [0.2, 0.25) is 5.55 Å². The lowest BCUT2D eigenvalue weighted by atomic mass is 10.2. The molecule has 0 unspecified atom stereocenters. The summed E-state index contributed by atoms with van der Waals surface area (Å²) in [5.74, 6) is 0.763. The van der Waals surface area contributed by atoms with Gasteiger partial charge in [-0.1, -0.05) is 28.1 Å². The number of halogens is 1. The number of ether oxygens (including phenoxy) is 1. The Bertz CT molecular complexity index is 949. The molecular weight excluding hydrogens is 376 g/mol. The largest absolute Gasteiger partial charge is 0.497 e. The Balaban J connectivity index is 2.21. The minimum atomic E-state index is 0.239. The van der Waals surface area contributed by atoms with Crippen molar-refractivity contribution in [1.29, 1.82) is 0 Å². The highest BCUT2D eigenvalue weighted by atomic mass is 79.9. The number of rotatable bonds is 3. The molecule has 3 aromatic rings. The summed E-state index contributed by atoms with van der Waals surface area (Å²) in [6.07, 6.45) is 0. The van der Waals surface area contributed by atoms with Crippen LogP contribution in [0.2, 0.25) is 0 Å². The van der Waals surface area contributed by atoms with E-state index in [1.54, 1.807) is 7.11 Å². The summed E-state index contributed by atoms with van der Waals surface area (Å²) in [7, 11) is 1.62. The van der Waals surface area contributed by atoms with E-state index in [0.29, 0.717) is 16.7 Å². The molecule has 4 nitrogen and oxygen atoms in total. The van der Waals surface area contributed by atoms with Gasteiger partial charge in [0, 0.05) is 9.86 Å². The maximum atomic E-state index is 5.88. The van der Waals surface area contributed by atoms with Crippen LogP contribution in [0.1, 0.15) is 5.56 Å². The average molecular weight is 389 g/mol. The highest BCUT2D eigenvalue weighted by molar-refractivity contribution is 9.10. The number of nitrogens with zero attached hydrogens (tertiary/aromatic N) is 1. The second-order valence-corrected chi connectivity index (χ2v) is 6.18. The highest BCUT2D eigenvalue weighted by Crippen LogP contribution is 2.21. The summed E-state index contributed by atoms with van der Waals surface area (Å²) in [4.78, 5) is 4.75. The topological polar surface area (TPSA) is 60.8 Å². The summed E-state index contributed by atoms with van der Waals surface area (Å²) in [5.41, 5.74) is 8.24. The molecule has 0 aliphatic heterocycles. The van der Waals surface area contributed by atoms with Crippen LogP contribution in [0.4, 0.5) is 5.69 Å². The maximum Gasteiger partial charge on any atom is 0.230 e. The van der Waals surface area contributed by atoms with Crippen molar-refractivity contribution in [1.82, 2.24) is 0 Å². The minimum Gasteiger partial charge on any atom is -0.497 e. The average Bonchev–Trinajstić information content (AvgIpc) is 2.55. The van der Waals surface area contributed by atoms with E-state index in [1.807, 2.05) is 48.5 Å². The van der Waals surface area contributed by atoms with Gasteiger partial charge in [-0.25, -0.2) is 4.99 Å². The van der Waals surface area contributed by atoms with Gasteiger partial charge in [-0.2, -0.15) is 0 Å². The van der Waals surface area contributed by atoms with Gasteiger partial charge >= 0.3 is 0 Å². The number of thiocarbonyl (C=S) groups is 1. The predicted octanol–water partition coefficient (Wildman–Crippen LogP) is 4.07. The summed E-state index contributed by atoms with van der Waals surface area (Å²) in [6, 6.07) is 14.9. The van der Waals surface area contributed by atoms with E-state index in [4.69, 9.17) is 27.1 Å². The lowest BCUT2D eigenvalue weighted by Gasteiger charge is -2.04. The lowest BCUT2D eigenvalue weighted by molar-refractivity contribution is 0.415. The third-order valence-corrected chi connectivity index (χ3v) is 3.99. The molecule has 0 spiro atoms. The van der Waals surface area contributed by atoms with Crippen molar-refractivity contribution in [3.8, 4) is 5.75 Å². The Morgan fingerprint density at radius 1 is 1.17 bits per heavy atom. The first kappa shape index (κ1) is 15.7. The fourth-order valence-corrected chi connectivity index (χ4v) is 2.66. The number of fused-ring (bicyclic) bond motifs is 1. The molecule has 0 atom stereocenters. The SMILES string of the molecule is COc1ccc(N=c2oc3ccc(Br)cc3cc2C(N)=S)cc1. The van der Waals surface area contributed by atoms with Gasteiger partial charge in [-0.05, 0) is 48.5 Å². The van der Waals surface area contributed by atoms with E-state index in [2.05, 4.69) is 20.9 Å². The highest BCUT2D eigenvalue weighted by Gasteiger charge is 2.07. The Morgan fingerprint density at radius 2 is 1.91 bits per heavy atom. The fraction of sp³-hybridized carbons (Fsp3) is 0.0588. The van der Waals surface area contributed by atoms with Crippen molar-refractivity contribution in [2.45, 2.75) is 0 Å². The minimum absolute atomic E-state index is 0.239. The Hall–Kier alpha value is -2.18. The molecule has 0 saturated heterocycles. The molecule has 3 rings (SSSR count). The van der Waals surface area contributed by atoms with Gasteiger partial charge in [0.05, 0.1) is 18.4 Å². The Morgan fingerprint density at radius 3 is 2.57 bits per heavy atom. The zero-order valence-electron chi connectivity index (χ0n) is 12.2. The first-order valence-corrected chi connectivity index (χ1v) is 7.99. The Kier molecular flexibility index (Phi) is 4.45. The van der Waals surface area contributed by atoms with Crippen LogP contribution in [0, 0.1) is 0 Å². The van der Waals surface area contributed by atoms with Crippen LogP contribution in [0.3, 0.4) is 0 Å². The molecule has 0 bridgehead atoms. The quantitative estimate of drug-likeness (QED) is 0.686. The third-order valence-electron chi connectivity index (χ3n) is 3.28. The molecular formula is C17H13BrN2O2S. The summed E-state index contributed by atoms with van der Waals surface area (Å²) in [6.45, 7) is 0. The van der Waals surface area contributed by atoms with Crippen LogP contribution in [-0.4, -0.2) is 12.1 Å². The smallest absolute Gasteiger partial charge is 0.230 e. The second kappa shape index (κ2) is 6.52. The first-order valence-electron chi connectivity index (χ1n) is 6.79. The number of nitrogens with two attached hydrogens (primary N) is 1. The van der Waals surface area contributed by atoms with E-state index in [1.165, 1.54) is 0 Å². The van der Waals surface area contributed by atoms with Gasteiger partial charge in [-0.3, -0.25) is 0 Å². The van der Waals surface area contributed by atoms with Crippen molar-refractivity contribution >= 4 is 49.8 Å². The summed E-state index contributed by atoms with van der Waals surface area (Å²) >= 11 is 8.57. The third kappa shape index (κ3) is 3.43. The molecule has 0 aliphatic rings. The van der Waals surface area contributed by atoms with Gasteiger partial charge in [-0.15, -0.1) is 0 Å². The number of benzene rings is 2. The van der Waals surface area contributed by atoms with Crippen LogP contribution in [0.25, 0.3) is 11.0 Å². The lowest BCUT2D eigenvalue weighted by Crippen LogP contribution is -2.20. The molecule has 2 aromatic carbocycles. The van der Waals surface area contributed by atoms with Gasteiger partial charge in [0.15, 0.2) is 0 Å². The van der Waals surface area contributed by atoms with Crippen molar-refractivity contribution < 1.29 is 9.15 Å². The summed E-state index contributed by atoms with van der Waals surface area (Å²) in [5, 5.41) is 0.899. The second-order valence-electron chi connectivity index (χ2n) is 4.82. The van der Waals surface area contributed by atoms with Crippen molar-refractivity contribution in [3.05, 3.63) is 64.1 Å². The maximum absolute atomic E-state index is 5.88. The van der Waals surface area contributed by atoms with Crippen molar-refractivity contribution in [3.63, 3.8) is 0 Å². The zero-order valence-corrected chi connectivity index (χ0v) is 14.6. The van der Waals surface area contributed by atoms with Crippen molar-refractivity contribution in [2.24, 2.45) is 10.7 Å². The molecule has 0 saturated carbocycles. The standard InChI is InChI=1S/C17H13BrN2O2S/c1-21-13-5-3-12(4-6-13)20-17-14(16(19)23)9-10-8-11(18)2-7-15(10)22-17/h2-9H,1H3,(H2,19,23). The molecule has 6 heteroatoms. The molecule has 0 aliphatic carbocycles.